The van der Waals surface area contributed by atoms with Gasteiger partial charge in [-0.3, -0.25) is 9.35 Å². The predicted octanol–water partition coefficient (Wildman–Crippen LogP) is 4.84. The van der Waals surface area contributed by atoms with E-state index in [-0.39, 0.29) is 16.6 Å². The Bertz CT molecular complexity index is 366. The molecule has 4 nitrogen and oxygen atoms in total. The molecule has 1 N–H and O–H groups in total. The van der Waals surface area contributed by atoms with Crippen LogP contribution in [-0.2, 0) is 14.9 Å². The van der Waals surface area contributed by atoms with Gasteiger partial charge in [-0.2, -0.15) is 8.42 Å². The lowest BCUT2D eigenvalue weighted by Crippen LogP contribution is -2.07. The van der Waals surface area contributed by atoms with Crippen LogP contribution < -0.4 is 0 Å². The van der Waals surface area contributed by atoms with E-state index in [9.17, 15) is 13.2 Å². The topological polar surface area (TPSA) is 71.4 Å². The molecule has 0 heterocycles. The van der Waals surface area contributed by atoms with Crippen LogP contribution in [0.25, 0.3) is 0 Å². The summed E-state index contributed by atoms with van der Waals surface area (Å²) in [6, 6.07) is 0. The third kappa shape index (κ3) is 18.0. The summed E-state index contributed by atoms with van der Waals surface area (Å²) in [5.41, 5.74) is 0. The highest BCUT2D eigenvalue weighted by Crippen LogP contribution is 2.14. The van der Waals surface area contributed by atoms with Crippen LogP contribution in [0.15, 0.2) is 0 Å². The molecule has 0 amide bonds. The zero-order chi connectivity index (χ0) is 16.7. The van der Waals surface area contributed by atoms with Crippen molar-refractivity contribution >= 4 is 27.0 Å². The van der Waals surface area contributed by atoms with Gasteiger partial charge in [0.05, 0.1) is 5.75 Å². The first-order valence-electron chi connectivity index (χ1n) is 8.56. The molecule has 0 saturated carbocycles. The van der Waals surface area contributed by atoms with Gasteiger partial charge < -0.3 is 0 Å². The summed E-state index contributed by atoms with van der Waals surface area (Å²) < 4.78 is 29.6. The number of rotatable bonds is 15. The van der Waals surface area contributed by atoms with Gasteiger partial charge in [-0.25, -0.2) is 0 Å². The molecule has 0 unspecified atom stereocenters. The van der Waals surface area contributed by atoms with Gasteiger partial charge >= 0.3 is 0 Å². The monoisotopic (exact) mass is 352 g/mol. The largest absolute Gasteiger partial charge is 0.287 e. The van der Waals surface area contributed by atoms with E-state index in [1.54, 1.807) is 0 Å². The molecular formula is C16H32O4S2. The summed E-state index contributed by atoms with van der Waals surface area (Å²) in [4.78, 5) is 11.5. The van der Waals surface area contributed by atoms with Crippen molar-refractivity contribution in [2.24, 2.45) is 0 Å². The number of unbranched alkanes of at least 4 members (excludes halogenated alkanes) is 10. The SMILES string of the molecule is CCCCCCCCCCCCCC(=O)SCCS(=O)(=O)O. The third-order valence-corrected chi connectivity index (χ3v) is 5.50. The summed E-state index contributed by atoms with van der Waals surface area (Å²) in [6.45, 7) is 2.23. The summed E-state index contributed by atoms with van der Waals surface area (Å²) in [6.07, 6.45) is 14.2. The fraction of sp³-hybridized carbons (Fsp3) is 0.938. The first kappa shape index (κ1) is 21.9. The summed E-state index contributed by atoms with van der Waals surface area (Å²) in [5, 5.41) is 0.0274. The highest BCUT2D eigenvalue weighted by molar-refractivity contribution is 8.14. The number of hydrogen-bond donors (Lipinski definition) is 1. The van der Waals surface area contributed by atoms with Crippen molar-refractivity contribution in [2.45, 2.75) is 84.0 Å². The standard InChI is InChI=1S/C16H32O4S2/c1-2-3-4-5-6-7-8-9-10-11-12-13-16(17)21-14-15-22(18,19)20/h2-15H2,1H3,(H,18,19,20). The Balaban J connectivity index is 3.23. The van der Waals surface area contributed by atoms with Gasteiger partial charge in [-0.05, 0) is 6.42 Å². The van der Waals surface area contributed by atoms with Gasteiger partial charge in [0.15, 0.2) is 5.12 Å². The number of carbonyl (C=O) groups is 1. The lowest BCUT2D eigenvalue weighted by atomic mass is 10.1. The van der Waals surface area contributed by atoms with Crippen molar-refractivity contribution in [3.8, 4) is 0 Å². The Morgan fingerprint density at radius 1 is 0.864 bits per heavy atom. The molecule has 0 aromatic heterocycles. The van der Waals surface area contributed by atoms with E-state index in [1.165, 1.54) is 57.8 Å². The maximum absolute atomic E-state index is 11.5. The fourth-order valence-electron chi connectivity index (χ4n) is 2.27. The molecule has 0 bridgehead atoms. The number of carbonyl (C=O) groups excluding carboxylic acids is 1. The molecule has 0 aliphatic carbocycles. The average Bonchev–Trinajstić information content (AvgIpc) is 2.43. The molecule has 132 valence electrons. The lowest BCUT2D eigenvalue weighted by Gasteiger charge is -2.02. The molecule has 0 fully saturated rings. The van der Waals surface area contributed by atoms with Gasteiger partial charge in [0, 0.05) is 12.2 Å². The normalized spacial score (nSPS) is 11.7. The van der Waals surface area contributed by atoms with Crippen molar-refractivity contribution in [3.05, 3.63) is 0 Å². The highest BCUT2D eigenvalue weighted by atomic mass is 32.2. The average molecular weight is 353 g/mol. The smallest absolute Gasteiger partial charge is 0.265 e. The summed E-state index contributed by atoms with van der Waals surface area (Å²) in [7, 11) is -3.94. The maximum Gasteiger partial charge on any atom is 0.265 e. The highest BCUT2D eigenvalue weighted by Gasteiger charge is 2.07. The molecule has 0 saturated heterocycles. The second-order valence-electron chi connectivity index (χ2n) is 5.79. The first-order valence-corrected chi connectivity index (χ1v) is 11.2. The Hall–Kier alpha value is -0.0700. The summed E-state index contributed by atoms with van der Waals surface area (Å²) in [5.74, 6) is -0.197. The quantitative estimate of drug-likeness (QED) is 0.337. The van der Waals surface area contributed by atoms with Gasteiger partial charge in [0.2, 0.25) is 0 Å². The minimum absolute atomic E-state index is 0.0274. The van der Waals surface area contributed by atoms with Crippen LogP contribution in [0.1, 0.15) is 84.0 Å². The zero-order valence-corrected chi connectivity index (χ0v) is 15.5. The molecule has 0 aromatic rings. The zero-order valence-electron chi connectivity index (χ0n) is 13.9. The van der Waals surface area contributed by atoms with E-state index in [1.807, 2.05) is 0 Å². The molecule has 0 aromatic carbocycles. The molecular weight excluding hydrogens is 320 g/mol. The molecule has 0 radical (unpaired) electrons. The van der Waals surface area contributed by atoms with Crippen LogP contribution >= 0.6 is 11.8 Å². The van der Waals surface area contributed by atoms with Gasteiger partial charge in [-0.1, -0.05) is 82.9 Å². The lowest BCUT2D eigenvalue weighted by molar-refractivity contribution is -0.111. The van der Waals surface area contributed by atoms with Crippen molar-refractivity contribution < 1.29 is 17.8 Å². The Kier molecular flexibility index (Phi) is 14.5. The van der Waals surface area contributed by atoms with Gasteiger partial charge in [0.1, 0.15) is 0 Å². The fourth-order valence-corrected chi connectivity index (χ4v) is 3.96. The van der Waals surface area contributed by atoms with Crippen molar-refractivity contribution in [1.29, 1.82) is 0 Å². The van der Waals surface area contributed by atoms with Crippen LogP contribution in [0.5, 0.6) is 0 Å². The molecule has 6 heteroatoms. The molecule has 0 aliphatic heterocycles. The molecule has 0 spiro atoms. The third-order valence-electron chi connectivity index (χ3n) is 3.59. The summed E-state index contributed by atoms with van der Waals surface area (Å²) >= 11 is 1.01. The van der Waals surface area contributed by atoms with Crippen molar-refractivity contribution in [1.82, 2.24) is 0 Å². The van der Waals surface area contributed by atoms with Crippen molar-refractivity contribution in [3.63, 3.8) is 0 Å². The van der Waals surface area contributed by atoms with E-state index in [4.69, 9.17) is 4.55 Å². The number of hydrogen-bond acceptors (Lipinski definition) is 4. The van der Waals surface area contributed by atoms with E-state index >= 15 is 0 Å². The Morgan fingerprint density at radius 2 is 1.32 bits per heavy atom. The number of thioether (sulfide) groups is 1. The van der Waals surface area contributed by atoms with Gasteiger partial charge in [0.25, 0.3) is 10.1 Å². The Labute approximate surface area is 140 Å². The second kappa shape index (κ2) is 14.5. The predicted molar refractivity (Wildman–Crippen MR) is 95.0 cm³/mol. The van der Waals surface area contributed by atoms with Crippen LogP contribution in [0.2, 0.25) is 0 Å². The van der Waals surface area contributed by atoms with Crippen LogP contribution in [0.4, 0.5) is 0 Å². The minimum atomic E-state index is -3.94. The van der Waals surface area contributed by atoms with E-state index in [0.717, 1.165) is 24.6 Å². The first-order chi connectivity index (χ1) is 10.5. The molecule has 0 atom stereocenters. The van der Waals surface area contributed by atoms with Crippen LogP contribution in [-0.4, -0.2) is 29.6 Å². The van der Waals surface area contributed by atoms with E-state index in [2.05, 4.69) is 6.92 Å². The van der Waals surface area contributed by atoms with E-state index in [0.29, 0.717) is 6.42 Å². The second-order valence-corrected chi connectivity index (χ2v) is 8.52. The van der Waals surface area contributed by atoms with E-state index < -0.39 is 10.1 Å². The maximum atomic E-state index is 11.5. The molecule has 0 aliphatic rings. The van der Waals surface area contributed by atoms with Gasteiger partial charge in [-0.15, -0.1) is 0 Å². The van der Waals surface area contributed by atoms with Crippen LogP contribution in [0, 0.1) is 0 Å². The Morgan fingerprint density at radius 3 is 1.77 bits per heavy atom. The minimum Gasteiger partial charge on any atom is -0.287 e. The molecule has 0 rings (SSSR count). The van der Waals surface area contributed by atoms with Crippen molar-refractivity contribution in [2.75, 3.05) is 11.5 Å². The molecule has 22 heavy (non-hydrogen) atoms. The van der Waals surface area contributed by atoms with Crippen LogP contribution in [0.3, 0.4) is 0 Å².